The van der Waals surface area contributed by atoms with Crippen LogP contribution in [0.25, 0.3) is 0 Å². The van der Waals surface area contributed by atoms with Crippen LogP contribution < -0.4 is 0 Å². The van der Waals surface area contributed by atoms with Gasteiger partial charge < -0.3 is 4.90 Å². The van der Waals surface area contributed by atoms with Gasteiger partial charge in [0.05, 0.1) is 3.79 Å². The highest BCUT2D eigenvalue weighted by atomic mass is 79.9. The highest BCUT2D eigenvalue weighted by Gasteiger charge is 2.22. The van der Waals surface area contributed by atoms with E-state index in [2.05, 4.69) is 51.8 Å². The Morgan fingerprint density at radius 3 is 2.88 bits per heavy atom. The molecule has 0 spiro atoms. The average Bonchev–Trinajstić information content (AvgIpc) is 2.61. The Morgan fingerprint density at radius 1 is 1.41 bits per heavy atom. The summed E-state index contributed by atoms with van der Waals surface area (Å²) in [5.74, 6) is 0. The second-order valence-electron chi connectivity index (χ2n) is 4.85. The number of hydrogen-bond acceptors (Lipinski definition) is 3. The van der Waals surface area contributed by atoms with Gasteiger partial charge in [-0.05, 0) is 54.5 Å². The van der Waals surface area contributed by atoms with Crippen molar-refractivity contribution in [1.82, 2.24) is 9.80 Å². The second-order valence-corrected chi connectivity index (χ2v) is 7.40. The SMILES string of the molecule is CCC1CN(C)CCCN1Cc1ccc(Br)s1. The Bertz CT molecular complexity index is 353. The minimum atomic E-state index is 0.711. The van der Waals surface area contributed by atoms with Gasteiger partial charge in [-0.3, -0.25) is 4.90 Å². The van der Waals surface area contributed by atoms with Crippen molar-refractivity contribution < 1.29 is 0 Å². The van der Waals surface area contributed by atoms with Gasteiger partial charge >= 0.3 is 0 Å². The van der Waals surface area contributed by atoms with Crippen molar-refractivity contribution >= 4 is 27.3 Å². The molecular weight excluding hydrogens is 296 g/mol. The summed E-state index contributed by atoms with van der Waals surface area (Å²) in [6, 6.07) is 5.12. The van der Waals surface area contributed by atoms with E-state index in [0.717, 1.165) is 6.54 Å². The molecule has 2 heterocycles. The fraction of sp³-hybridized carbons (Fsp3) is 0.692. The van der Waals surface area contributed by atoms with Crippen molar-refractivity contribution in [2.75, 3.05) is 26.7 Å². The van der Waals surface area contributed by atoms with E-state index < -0.39 is 0 Å². The third-order valence-electron chi connectivity index (χ3n) is 3.48. The molecule has 2 rings (SSSR count). The van der Waals surface area contributed by atoms with Gasteiger partial charge in [0.15, 0.2) is 0 Å². The molecule has 0 bridgehead atoms. The molecule has 1 unspecified atom stereocenters. The van der Waals surface area contributed by atoms with Crippen LogP contribution in [0.5, 0.6) is 0 Å². The number of nitrogens with zero attached hydrogens (tertiary/aromatic N) is 2. The average molecular weight is 317 g/mol. The Balaban J connectivity index is 2.01. The first kappa shape index (κ1) is 13.5. The van der Waals surface area contributed by atoms with E-state index in [-0.39, 0.29) is 0 Å². The summed E-state index contributed by atoms with van der Waals surface area (Å²) in [7, 11) is 2.24. The lowest BCUT2D eigenvalue weighted by Gasteiger charge is -2.29. The van der Waals surface area contributed by atoms with Gasteiger partial charge in [0.25, 0.3) is 0 Å². The second kappa shape index (κ2) is 6.32. The van der Waals surface area contributed by atoms with E-state index >= 15 is 0 Å². The molecule has 2 nitrogen and oxygen atoms in total. The van der Waals surface area contributed by atoms with Crippen LogP contribution in [0.3, 0.4) is 0 Å². The molecule has 0 N–H and O–H groups in total. The lowest BCUT2D eigenvalue weighted by atomic mass is 10.2. The molecule has 4 heteroatoms. The quantitative estimate of drug-likeness (QED) is 0.843. The first-order valence-electron chi connectivity index (χ1n) is 6.36. The number of likely N-dealkylation sites (N-methyl/N-ethyl adjacent to an activating group) is 1. The summed E-state index contributed by atoms with van der Waals surface area (Å²) in [4.78, 5) is 6.60. The minimum absolute atomic E-state index is 0.711. The van der Waals surface area contributed by atoms with Crippen LogP contribution in [-0.2, 0) is 6.54 Å². The predicted octanol–water partition coefficient (Wildman–Crippen LogP) is 3.43. The lowest BCUT2D eigenvalue weighted by Crippen LogP contribution is -2.39. The van der Waals surface area contributed by atoms with E-state index in [0.29, 0.717) is 6.04 Å². The van der Waals surface area contributed by atoms with Crippen LogP contribution in [0, 0.1) is 0 Å². The normalized spacial score (nSPS) is 23.8. The molecule has 1 aliphatic heterocycles. The van der Waals surface area contributed by atoms with Gasteiger partial charge in [0.2, 0.25) is 0 Å². The smallest absolute Gasteiger partial charge is 0.0701 e. The summed E-state index contributed by atoms with van der Waals surface area (Å²) < 4.78 is 1.24. The highest BCUT2D eigenvalue weighted by molar-refractivity contribution is 9.11. The summed E-state index contributed by atoms with van der Waals surface area (Å²) >= 11 is 5.41. The molecule has 0 saturated carbocycles. The Morgan fingerprint density at radius 2 is 2.24 bits per heavy atom. The third-order valence-corrected chi connectivity index (χ3v) is 5.09. The van der Waals surface area contributed by atoms with Crippen molar-refractivity contribution in [3.8, 4) is 0 Å². The Kier molecular flexibility index (Phi) is 5.03. The van der Waals surface area contributed by atoms with Gasteiger partial charge in [-0.1, -0.05) is 6.92 Å². The van der Waals surface area contributed by atoms with E-state index in [9.17, 15) is 0 Å². The van der Waals surface area contributed by atoms with Crippen molar-refractivity contribution in [3.05, 3.63) is 20.8 Å². The summed E-state index contributed by atoms with van der Waals surface area (Å²) in [6.07, 6.45) is 2.54. The van der Waals surface area contributed by atoms with Crippen LogP contribution in [-0.4, -0.2) is 42.5 Å². The van der Waals surface area contributed by atoms with Gasteiger partial charge in [-0.2, -0.15) is 0 Å². The summed E-state index contributed by atoms with van der Waals surface area (Å²) in [5.41, 5.74) is 0. The van der Waals surface area contributed by atoms with Crippen LogP contribution in [0.4, 0.5) is 0 Å². The van der Waals surface area contributed by atoms with E-state index in [1.54, 1.807) is 0 Å². The first-order chi connectivity index (χ1) is 8.19. The van der Waals surface area contributed by atoms with Crippen LogP contribution >= 0.6 is 27.3 Å². The molecule has 1 fully saturated rings. The lowest BCUT2D eigenvalue weighted by molar-refractivity contribution is 0.177. The topological polar surface area (TPSA) is 6.48 Å². The van der Waals surface area contributed by atoms with Crippen molar-refractivity contribution in [2.24, 2.45) is 0 Å². The minimum Gasteiger partial charge on any atom is -0.305 e. The van der Waals surface area contributed by atoms with Gasteiger partial charge in [0.1, 0.15) is 0 Å². The van der Waals surface area contributed by atoms with E-state index in [4.69, 9.17) is 0 Å². The predicted molar refractivity (Wildman–Crippen MR) is 78.6 cm³/mol. The van der Waals surface area contributed by atoms with E-state index in [1.165, 1.54) is 41.1 Å². The van der Waals surface area contributed by atoms with E-state index in [1.807, 2.05) is 11.3 Å². The highest BCUT2D eigenvalue weighted by Crippen LogP contribution is 2.25. The number of rotatable bonds is 3. The van der Waals surface area contributed by atoms with Crippen molar-refractivity contribution in [1.29, 1.82) is 0 Å². The Labute approximate surface area is 117 Å². The number of thiophene rings is 1. The number of hydrogen-bond donors (Lipinski definition) is 0. The molecule has 1 atom stereocenters. The monoisotopic (exact) mass is 316 g/mol. The maximum absolute atomic E-state index is 3.55. The largest absolute Gasteiger partial charge is 0.305 e. The maximum Gasteiger partial charge on any atom is 0.0701 e. The molecule has 0 amide bonds. The van der Waals surface area contributed by atoms with Crippen LogP contribution in [0.15, 0.2) is 15.9 Å². The van der Waals surface area contributed by atoms with Crippen LogP contribution in [0.2, 0.25) is 0 Å². The third kappa shape index (κ3) is 3.78. The molecule has 96 valence electrons. The summed E-state index contributed by atoms with van der Waals surface area (Å²) in [5, 5.41) is 0. The molecule has 1 aliphatic rings. The fourth-order valence-corrected chi connectivity index (χ4v) is 4.03. The molecule has 0 aliphatic carbocycles. The molecule has 0 radical (unpaired) electrons. The zero-order valence-electron chi connectivity index (χ0n) is 10.7. The zero-order chi connectivity index (χ0) is 12.3. The zero-order valence-corrected chi connectivity index (χ0v) is 13.1. The maximum atomic E-state index is 3.55. The molecule has 1 saturated heterocycles. The van der Waals surface area contributed by atoms with Gasteiger partial charge in [0, 0.05) is 30.6 Å². The van der Waals surface area contributed by atoms with Crippen molar-refractivity contribution in [2.45, 2.75) is 32.4 Å². The standard InChI is InChI=1S/C13H21BrN2S/c1-3-11-9-15(2)7-4-8-16(11)10-12-5-6-13(14)17-12/h5-6,11H,3-4,7-10H2,1-2H3. The fourth-order valence-electron chi connectivity index (χ4n) is 2.53. The number of halogens is 1. The first-order valence-corrected chi connectivity index (χ1v) is 7.96. The molecular formula is C13H21BrN2S. The van der Waals surface area contributed by atoms with Crippen molar-refractivity contribution in [3.63, 3.8) is 0 Å². The van der Waals surface area contributed by atoms with Gasteiger partial charge in [-0.15, -0.1) is 11.3 Å². The molecule has 17 heavy (non-hydrogen) atoms. The molecule has 0 aromatic carbocycles. The van der Waals surface area contributed by atoms with Crippen LogP contribution in [0.1, 0.15) is 24.6 Å². The summed E-state index contributed by atoms with van der Waals surface area (Å²) in [6.45, 7) is 7.10. The molecule has 1 aromatic rings. The van der Waals surface area contributed by atoms with Gasteiger partial charge in [-0.25, -0.2) is 0 Å². The molecule has 1 aromatic heterocycles. The Hall–Kier alpha value is 0.1000.